The molecule has 1 saturated heterocycles. The van der Waals surface area contributed by atoms with Gasteiger partial charge in [0.05, 0.1) is 31.7 Å². The molecule has 36 heavy (non-hydrogen) atoms. The lowest BCUT2D eigenvalue weighted by molar-refractivity contribution is 0.0356. The van der Waals surface area contributed by atoms with Gasteiger partial charge in [-0.2, -0.15) is 0 Å². The lowest BCUT2D eigenvalue weighted by atomic mass is 10.1. The fraction of sp³-hybridized carbons (Fsp3) is 0.464. The summed E-state index contributed by atoms with van der Waals surface area (Å²) in [6, 6.07) is 10.2. The highest BCUT2D eigenvalue weighted by Gasteiger charge is 2.27. The smallest absolute Gasteiger partial charge is 0.199 e. The number of rotatable bonds is 8. The number of pyridine rings is 2. The minimum atomic E-state index is 0.336. The molecule has 0 aromatic carbocycles. The van der Waals surface area contributed by atoms with E-state index >= 15 is 0 Å². The molecular formula is C28H33N5O3. The predicted octanol–water partition coefficient (Wildman–Crippen LogP) is 4.33. The number of hydrogen-bond donors (Lipinski definition) is 0. The van der Waals surface area contributed by atoms with Crippen LogP contribution in [-0.2, 0) is 11.3 Å². The van der Waals surface area contributed by atoms with Crippen molar-refractivity contribution >= 4 is 23.0 Å². The molecule has 8 nitrogen and oxygen atoms in total. The van der Waals surface area contributed by atoms with Crippen molar-refractivity contribution in [2.45, 2.75) is 39.2 Å². The maximum Gasteiger partial charge on any atom is 0.199 e. The Morgan fingerprint density at radius 2 is 1.97 bits per heavy atom. The molecule has 6 rings (SSSR count). The van der Waals surface area contributed by atoms with Crippen molar-refractivity contribution in [3.05, 3.63) is 47.3 Å². The Balaban J connectivity index is 1.44. The molecule has 1 unspecified atom stereocenters. The molecule has 8 heteroatoms. The van der Waals surface area contributed by atoms with E-state index in [9.17, 15) is 4.79 Å². The highest BCUT2D eigenvalue weighted by atomic mass is 16.5. The highest BCUT2D eigenvalue weighted by molar-refractivity contribution is 5.85. The Morgan fingerprint density at radius 1 is 1.17 bits per heavy atom. The molecule has 0 radical (unpaired) electrons. The second-order valence-corrected chi connectivity index (χ2v) is 10.2. The van der Waals surface area contributed by atoms with E-state index in [0.29, 0.717) is 28.9 Å². The minimum absolute atomic E-state index is 0.336. The number of methoxy groups -OCH3 is 1. The van der Waals surface area contributed by atoms with Crippen LogP contribution in [0.25, 0.3) is 28.1 Å². The molecule has 4 aromatic rings. The van der Waals surface area contributed by atoms with Gasteiger partial charge < -0.3 is 14.0 Å². The van der Waals surface area contributed by atoms with E-state index in [1.807, 2.05) is 10.5 Å². The van der Waals surface area contributed by atoms with Gasteiger partial charge in [0.25, 0.3) is 0 Å². The number of aryl methyl sites for hydroxylation is 1. The first-order valence-corrected chi connectivity index (χ1v) is 12.9. The van der Waals surface area contributed by atoms with Crippen molar-refractivity contribution in [3.63, 3.8) is 0 Å². The summed E-state index contributed by atoms with van der Waals surface area (Å²) < 4.78 is 15.5. The zero-order valence-electron chi connectivity index (χ0n) is 21.2. The van der Waals surface area contributed by atoms with Gasteiger partial charge >= 0.3 is 0 Å². The Bertz CT molecular complexity index is 1430. The number of carbonyl (C=O) groups is 1. The molecule has 1 aliphatic heterocycles. The summed E-state index contributed by atoms with van der Waals surface area (Å²) >= 11 is 0. The number of hydrogen-bond acceptors (Lipinski definition) is 6. The summed E-state index contributed by atoms with van der Waals surface area (Å²) in [7, 11) is 1.62. The zero-order valence-corrected chi connectivity index (χ0v) is 21.2. The quantitative estimate of drug-likeness (QED) is 0.345. The molecule has 1 aliphatic carbocycles. The molecule has 0 N–H and O–H groups in total. The number of morpholine rings is 1. The summed E-state index contributed by atoms with van der Waals surface area (Å²) in [5, 5.41) is 1.13. The molecule has 0 bridgehead atoms. The Labute approximate surface area is 210 Å². The first-order chi connectivity index (χ1) is 17.6. The lowest BCUT2D eigenvalue weighted by Crippen LogP contribution is -2.38. The largest absolute Gasteiger partial charge is 0.482 e. The number of ether oxygens (including phenoxy) is 2. The van der Waals surface area contributed by atoms with E-state index in [4.69, 9.17) is 19.4 Å². The van der Waals surface area contributed by atoms with Gasteiger partial charge in [-0.3, -0.25) is 14.1 Å². The van der Waals surface area contributed by atoms with Crippen LogP contribution in [0.2, 0.25) is 0 Å². The van der Waals surface area contributed by atoms with Gasteiger partial charge in [0.2, 0.25) is 0 Å². The third kappa shape index (κ3) is 4.18. The Hall–Kier alpha value is -3.23. The zero-order chi connectivity index (χ0) is 24.8. The predicted molar refractivity (Wildman–Crippen MR) is 139 cm³/mol. The van der Waals surface area contributed by atoms with E-state index in [-0.39, 0.29) is 0 Å². The average Bonchev–Trinajstić information content (AvgIpc) is 3.57. The molecular weight excluding hydrogens is 454 g/mol. The van der Waals surface area contributed by atoms with Gasteiger partial charge in [-0.15, -0.1) is 0 Å². The fourth-order valence-electron chi connectivity index (χ4n) is 5.38. The van der Waals surface area contributed by atoms with Crippen molar-refractivity contribution < 1.29 is 14.3 Å². The van der Waals surface area contributed by atoms with Gasteiger partial charge in [0, 0.05) is 54.8 Å². The SMILES string of the molecule is COc1cc(C=O)cc2nc(-c3cc4ccc(C(C)CN5CCOCC5)nc4n3CC3CC3)c(C)n12. The van der Waals surface area contributed by atoms with Crippen molar-refractivity contribution in [1.82, 2.24) is 23.8 Å². The number of aldehydes is 1. The van der Waals surface area contributed by atoms with Crippen LogP contribution in [0.3, 0.4) is 0 Å². The number of nitrogens with zero attached hydrogens (tertiary/aromatic N) is 5. The third-order valence-corrected chi connectivity index (χ3v) is 7.57. The van der Waals surface area contributed by atoms with E-state index in [1.165, 1.54) is 12.8 Å². The van der Waals surface area contributed by atoms with Crippen molar-refractivity contribution in [3.8, 4) is 17.3 Å². The molecule has 2 aliphatic rings. The summed E-state index contributed by atoms with van der Waals surface area (Å²) in [5.74, 6) is 1.63. The highest BCUT2D eigenvalue weighted by Crippen LogP contribution is 2.37. The van der Waals surface area contributed by atoms with E-state index in [2.05, 4.69) is 41.5 Å². The van der Waals surface area contributed by atoms with Gasteiger partial charge in [0.15, 0.2) is 5.88 Å². The summed E-state index contributed by atoms with van der Waals surface area (Å²) in [4.78, 5) is 24.1. The van der Waals surface area contributed by atoms with Crippen molar-refractivity contribution in [2.75, 3.05) is 40.0 Å². The van der Waals surface area contributed by atoms with Crippen LogP contribution in [0.4, 0.5) is 0 Å². The van der Waals surface area contributed by atoms with E-state index in [1.54, 1.807) is 13.2 Å². The summed E-state index contributed by atoms with van der Waals surface area (Å²) in [6.07, 6.45) is 3.35. The molecule has 188 valence electrons. The van der Waals surface area contributed by atoms with E-state index in [0.717, 1.165) is 79.5 Å². The maximum absolute atomic E-state index is 11.5. The normalized spacial score (nSPS) is 17.6. The molecule has 1 atom stereocenters. The fourth-order valence-corrected chi connectivity index (χ4v) is 5.38. The lowest BCUT2D eigenvalue weighted by Gasteiger charge is -2.29. The van der Waals surface area contributed by atoms with Crippen LogP contribution in [0, 0.1) is 12.8 Å². The first-order valence-electron chi connectivity index (χ1n) is 12.9. The average molecular weight is 488 g/mol. The van der Waals surface area contributed by atoms with Crippen LogP contribution in [-0.4, -0.2) is 70.1 Å². The maximum atomic E-state index is 11.5. The molecule has 5 heterocycles. The first kappa shape index (κ1) is 23.2. The second-order valence-electron chi connectivity index (χ2n) is 10.2. The van der Waals surface area contributed by atoms with Crippen LogP contribution in [0.15, 0.2) is 30.3 Å². The van der Waals surface area contributed by atoms with E-state index < -0.39 is 0 Å². The second kappa shape index (κ2) is 9.33. The van der Waals surface area contributed by atoms with Crippen LogP contribution in [0.1, 0.15) is 47.4 Å². The van der Waals surface area contributed by atoms with Crippen molar-refractivity contribution in [1.29, 1.82) is 0 Å². The molecule has 2 fully saturated rings. The van der Waals surface area contributed by atoms with Gasteiger partial charge in [-0.05, 0) is 49.9 Å². The number of fused-ring (bicyclic) bond motifs is 2. The number of carbonyl (C=O) groups excluding carboxylic acids is 1. The van der Waals surface area contributed by atoms with Crippen LogP contribution in [0.5, 0.6) is 5.88 Å². The molecule has 0 amide bonds. The van der Waals surface area contributed by atoms with Gasteiger partial charge in [-0.25, -0.2) is 9.97 Å². The monoisotopic (exact) mass is 487 g/mol. The minimum Gasteiger partial charge on any atom is -0.482 e. The van der Waals surface area contributed by atoms with Gasteiger partial charge in [-0.1, -0.05) is 6.92 Å². The Morgan fingerprint density at radius 3 is 2.69 bits per heavy atom. The molecule has 1 saturated carbocycles. The van der Waals surface area contributed by atoms with Gasteiger partial charge in [0.1, 0.15) is 23.3 Å². The number of imidazole rings is 1. The van der Waals surface area contributed by atoms with Crippen LogP contribution >= 0.6 is 0 Å². The number of aromatic nitrogens is 4. The molecule has 0 spiro atoms. The summed E-state index contributed by atoms with van der Waals surface area (Å²) in [6.45, 7) is 9.84. The standard InChI is InChI=1S/C28H33N5O3/c1-18(15-31-8-10-36-11-9-31)23-7-6-22-14-24(32(28(22)29-23)16-20-4-5-20)27-19(2)33-25(30-27)12-21(17-34)13-26(33)35-3/h6-7,12-14,17-18,20H,4-5,8-11,15-16H2,1-3H3. The third-order valence-electron chi connectivity index (χ3n) is 7.57. The van der Waals surface area contributed by atoms with Crippen LogP contribution < -0.4 is 4.74 Å². The van der Waals surface area contributed by atoms with Crippen molar-refractivity contribution in [2.24, 2.45) is 5.92 Å². The topological polar surface area (TPSA) is 73.9 Å². The Kier molecular flexibility index (Phi) is 6.01. The molecule has 4 aromatic heterocycles. The summed E-state index contributed by atoms with van der Waals surface area (Å²) in [5.41, 5.74) is 6.37.